The fourth-order valence-electron chi connectivity index (χ4n) is 4.38. The molecule has 35 heavy (non-hydrogen) atoms. The van der Waals surface area contributed by atoms with Gasteiger partial charge in [-0.15, -0.1) is 0 Å². The number of H-pyrrole nitrogens is 1. The van der Waals surface area contributed by atoms with Crippen molar-refractivity contribution in [3.05, 3.63) is 94.3 Å². The number of rotatable bonds is 6. The number of aromatic amines is 1. The van der Waals surface area contributed by atoms with Crippen LogP contribution in [0.2, 0.25) is 5.02 Å². The summed E-state index contributed by atoms with van der Waals surface area (Å²) in [6.07, 6.45) is 6.18. The Kier molecular flexibility index (Phi) is 5.98. The van der Waals surface area contributed by atoms with Crippen LogP contribution < -0.4 is 10.6 Å². The van der Waals surface area contributed by atoms with Gasteiger partial charge in [-0.05, 0) is 60.7 Å². The van der Waals surface area contributed by atoms with Gasteiger partial charge in [-0.25, -0.2) is 4.98 Å². The van der Waals surface area contributed by atoms with E-state index in [0.29, 0.717) is 39.3 Å². The Morgan fingerprint density at radius 2 is 1.80 bits per heavy atom. The maximum Gasteiger partial charge on any atom is 0.255 e. The highest BCUT2D eigenvalue weighted by Gasteiger charge is 2.40. The fourth-order valence-corrected chi connectivity index (χ4v) is 4.66. The Morgan fingerprint density at radius 1 is 1.06 bits per heavy atom. The third kappa shape index (κ3) is 4.36. The Labute approximate surface area is 207 Å². The number of amides is 2. The highest BCUT2D eigenvalue weighted by Crippen LogP contribution is 2.42. The van der Waals surface area contributed by atoms with Crippen LogP contribution >= 0.6 is 11.6 Å². The lowest BCUT2D eigenvalue weighted by Gasteiger charge is -2.43. The van der Waals surface area contributed by atoms with Gasteiger partial charge < -0.3 is 15.6 Å². The van der Waals surface area contributed by atoms with Crippen LogP contribution in [0.4, 0.5) is 5.69 Å². The van der Waals surface area contributed by atoms with Gasteiger partial charge in [0.2, 0.25) is 0 Å². The van der Waals surface area contributed by atoms with E-state index in [2.05, 4.69) is 26.7 Å². The van der Waals surface area contributed by atoms with Crippen LogP contribution in [0.1, 0.15) is 51.1 Å². The second kappa shape index (κ2) is 9.24. The van der Waals surface area contributed by atoms with Crippen molar-refractivity contribution in [1.82, 2.24) is 15.3 Å². The van der Waals surface area contributed by atoms with Crippen molar-refractivity contribution in [1.29, 1.82) is 5.26 Å². The van der Waals surface area contributed by atoms with Gasteiger partial charge in [0, 0.05) is 29.0 Å². The summed E-state index contributed by atoms with van der Waals surface area (Å²) in [5.41, 5.74) is 3.52. The summed E-state index contributed by atoms with van der Waals surface area (Å²) in [6, 6.07) is 18.4. The van der Waals surface area contributed by atoms with Crippen LogP contribution in [0.25, 0.3) is 11.0 Å². The number of benzene rings is 2. The minimum atomic E-state index is -0.480. The maximum absolute atomic E-state index is 13.1. The molecule has 0 bridgehead atoms. The molecule has 0 unspecified atom stereocenters. The van der Waals surface area contributed by atoms with Crippen LogP contribution in [0.15, 0.2) is 67.0 Å². The molecule has 2 aromatic heterocycles. The quantitative estimate of drug-likeness (QED) is 0.343. The smallest absolute Gasteiger partial charge is 0.255 e. The van der Waals surface area contributed by atoms with Gasteiger partial charge in [-0.3, -0.25) is 9.59 Å². The number of carbonyl (C=O) groups is 2. The van der Waals surface area contributed by atoms with E-state index >= 15 is 0 Å². The van der Waals surface area contributed by atoms with E-state index in [-0.39, 0.29) is 11.8 Å². The van der Waals surface area contributed by atoms with Gasteiger partial charge in [-0.2, -0.15) is 5.26 Å². The molecule has 1 aliphatic carbocycles. The molecule has 0 aliphatic heterocycles. The Bertz CT molecular complexity index is 1450. The number of halogens is 1. The number of hydrogen-bond acceptors (Lipinski definition) is 4. The first-order chi connectivity index (χ1) is 17.0. The number of fused-ring (bicyclic) bond motifs is 1. The van der Waals surface area contributed by atoms with Crippen LogP contribution in [0.3, 0.4) is 0 Å². The normalized spacial score (nSPS) is 14.1. The third-order valence-electron chi connectivity index (χ3n) is 6.52. The van der Waals surface area contributed by atoms with Gasteiger partial charge >= 0.3 is 0 Å². The number of anilines is 1. The lowest BCUT2D eigenvalue weighted by molar-refractivity contribution is 0.0823. The van der Waals surface area contributed by atoms with E-state index in [0.717, 1.165) is 30.4 Å². The molecule has 1 saturated carbocycles. The molecule has 3 N–H and O–H groups in total. The van der Waals surface area contributed by atoms with E-state index in [1.807, 2.05) is 24.3 Å². The summed E-state index contributed by atoms with van der Waals surface area (Å²) >= 11 is 6.48. The molecule has 7 nitrogen and oxygen atoms in total. The van der Waals surface area contributed by atoms with E-state index < -0.39 is 5.54 Å². The summed E-state index contributed by atoms with van der Waals surface area (Å²) in [7, 11) is 0. The highest BCUT2D eigenvalue weighted by atomic mass is 35.5. The average Bonchev–Trinajstić information content (AvgIpc) is 3.33. The maximum atomic E-state index is 13.1. The zero-order valence-electron chi connectivity index (χ0n) is 18.8. The summed E-state index contributed by atoms with van der Waals surface area (Å²) in [5, 5.41) is 15.9. The minimum Gasteiger partial charge on any atom is -0.346 e. The number of nitriles is 1. The first-order valence-corrected chi connectivity index (χ1v) is 11.7. The molecule has 174 valence electrons. The molecule has 5 rings (SSSR count). The summed E-state index contributed by atoms with van der Waals surface area (Å²) in [5.74, 6) is -0.488. The number of hydrogen-bond donors (Lipinski definition) is 3. The van der Waals surface area contributed by atoms with Crippen molar-refractivity contribution in [2.45, 2.75) is 31.2 Å². The summed E-state index contributed by atoms with van der Waals surface area (Å²) in [4.78, 5) is 33.0. The molecular formula is C27H22ClN5O2. The summed E-state index contributed by atoms with van der Waals surface area (Å²) in [6.45, 7) is 0. The lowest BCUT2D eigenvalue weighted by atomic mass is 9.71. The monoisotopic (exact) mass is 483 g/mol. The number of nitrogens with one attached hydrogen (secondary N) is 3. The van der Waals surface area contributed by atoms with E-state index in [9.17, 15) is 9.59 Å². The molecule has 0 atom stereocenters. The van der Waals surface area contributed by atoms with E-state index in [1.54, 1.807) is 36.5 Å². The Balaban J connectivity index is 1.30. The van der Waals surface area contributed by atoms with Crippen LogP contribution in [0, 0.1) is 11.3 Å². The molecule has 2 amide bonds. The molecule has 1 aliphatic rings. The first kappa shape index (κ1) is 22.6. The molecule has 0 radical (unpaired) electrons. The third-order valence-corrected chi connectivity index (χ3v) is 6.93. The van der Waals surface area contributed by atoms with Crippen molar-refractivity contribution in [3.63, 3.8) is 0 Å². The number of carbonyl (C=O) groups excluding carboxylic acids is 2. The lowest BCUT2D eigenvalue weighted by Crippen LogP contribution is -2.50. The molecule has 4 aromatic rings. The molecule has 0 spiro atoms. The molecule has 0 saturated heterocycles. The SMILES string of the molecule is N#CCc1ccc(C(=O)Nc2ccc(C3(NC(=O)c4cnc5[nH]ccc5c4Cl)CCC3)cc2)cc1. The predicted octanol–water partition coefficient (Wildman–Crippen LogP) is 5.34. The Morgan fingerprint density at radius 3 is 2.46 bits per heavy atom. The highest BCUT2D eigenvalue weighted by molar-refractivity contribution is 6.38. The zero-order valence-corrected chi connectivity index (χ0v) is 19.5. The van der Waals surface area contributed by atoms with Gasteiger partial charge in [0.05, 0.1) is 28.6 Å². The van der Waals surface area contributed by atoms with Crippen LogP contribution in [0.5, 0.6) is 0 Å². The van der Waals surface area contributed by atoms with Crippen molar-refractivity contribution in [2.75, 3.05) is 5.32 Å². The van der Waals surface area contributed by atoms with Crippen molar-refractivity contribution >= 4 is 40.1 Å². The number of pyridine rings is 1. The van der Waals surface area contributed by atoms with Crippen LogP contribution in [-0.2, 0) is 12.0 Å². The Hall–Kier alpha value is -4.15. The molecule has 2 aromatic carbocycles. The second-order valence-corrected chi connectivity index (χ2v) is 9.06. The molecular weight excluding hydrogens is 462 g/mol. The fraction of sp³-hybridized carbons (Fsp3) is 0.185. The van der Waals surface area contributed by atoms with Gasteiger partial charge in [0.15, 0.2) is 0 Å². The topological polar surface area (TPSA) is 111 Å². The van der Waals surface area contributed by atoms with Crippen molar-refractivity contribution < 1.29 is 9.59 Å². The van der Waals surface area contributed by atoms with Gasteiger partial charge in [-0.1, -0.05) is 35.9 Å². The summed E-state index contributed by atoms with van der Waals surface area (Å²) < 4.78 is 0. The first-order valence-electron chi connectivity index (χ1n) is 11.3. The van der Waals surface area contributed by atoms with Crippen molar-refractivity contribution in [2.24, 2.45) is 0 Å². The molecule has 8 heteroatoms. The molecule has 2 heterocycles. The van der Waals surface area contributed by atoms with Crippen LogP contribution in [-0.4, -0.2) is 21.8 Å². The zero-order chi connectivity index (χ0) is 24.4. The van der Waals surface area contributed by atoms with Crippen molar-refractivity contribution in [3.8, 4) is 6.07 Å². The van der Waals surface area contributed by atoms with Gasteiger partial charge in [0.1, 0.15) is 5.65 Å². The standard InChI is InChI=1S/C27H22ClN5O2/c28-23-21-11-15-30-24(21)31-16-22(23)26(35)33-27(12-1-13-27)19-6-8-20(9-7-19)32-25(34)18-4-2-17(3-5-18)10-14-29/h2-9,11,15-16H,1,10,12-13H2,(H,30,31)(H,32,34)(H,33,35). The van der Waals surface area contributed by atoms with Gasteiger partial charge in [0.25, 0.3) is 11.8 Å². The second-order valence-electron chi connectivity index (χ2n) is 8.68. The number of aromatic nitrogens is 2. The van der Waals surface area contributed by atoms with E-state index in [1.165, 1.54) is 6.20 Å². The predicted molar refractivity (Wildman–Crippen MR) is 134 cm³/mol. The van der Waals surface area contributed by atoms with E-state index in [4.69, 9.17) is 16.9 Å². The largest absolute Gasteiger partial charge is 0.346 e. The average molecular weight is 484 g/mol. The number of nitrogens with zero attached hydrogens (tertiary/aromatic N) is 2. The minimum absolute atomic E-state index is 0.227. The molecule has 1 fully saturated rings.